The number of anilines is 2. The van der Waals surface area contributed by atoms with E-state index >= 15 is 0 Å². The third-order valence-electron chi connectivity index (χ3n) is 4.58. The van der Waals surface area contributed by atoms with Gasteiger partial charge in [-0.3, -0.25) is 9.59 Å². The highest BCUT2D eigenvalue weighted by Gasteiger charge is 2.13. The van der Waals surface area contributed by atoms with E-state index in [4.69, 9.17) is 15.2 Å². The average Bonchev–Trinajstić information content (AvgIpc) is 2.82. The Balaban J connectivity index is 1.66. The third kappa shape index (κ3) is 7.11. The van der Waals surface area contributed by atoms with E-state index in [1.165, 1.54) is 7.11 Å². The summed E-state index contributed by atoms with van der Waals surface area (Å²) < 4.78 is 35.6. The molecule has 4 N–H and O–H groups in total. The molecule has 3 rings (SSSR count). The third-order valence-corrected chi connectivity index (χ3v) is 5.30. The molecule has 0 radical (unpaired) electrons. The quantitative estimate of drug-likeness (QED) is 0.343. The van der Waals surface area contributed by atoms with E-state index < -0.39 is 11.7 Å². The van der Waals surface area contributed by atoms with Crippen molar-refractivity contribution in [3.63, 3.8) is 0 Å². The molecule has 2 amide bonds. The molecule has 0 saturated heterocycles. The molecule has 0 aliphatic heterocycles. The summed E-state index contributed by atoms with van der Waals surface area (Å²) in [7, 11) is 1.47. The van der Waals surface area contributed by atoms with Crippen LogP contribution in [0, 0.1) is 0 Å². The standard InChI is InChI=1S/C24H23F2N3O4S/c1-32-21-12-15(6-11-20(21)33-14-22(27)30)13-28-23(31)18-4-2-3-5-19(18)29-16-7-9-17(10-8-16)34-24(25)26/h2-12,24,29H,13-14H2,1H3,(H2,27,30)(H,28,31). The van der Waals surface area contributed by atoms with E-state index in [9.17, 15) is 18.4 Å². The first-order valence-electron chi connectivity index (χ1n) is 10.1. The predicted octanol–water partition coefficient (Wildman–Crippen LogP) is 4.55. The first kappa shape index (κ1) is 24.8. The summed E-state index contributed by atoms with van der Waals surface area (Å²) in [6.45, 7) is -0.0524. The summed E-state index contributed by atoms with van der Waals surface area (Å²) in [5.74, 6) is -2.62. The number of halogens is 2. The van der Waals surface area contributed by atoms with Gasteiger partial charge in [-0.2, -0.15) is 8.78 Å². The van der Waals surface area contributed by atoms with Crippen LogP contribution < -0.4 is 25.8 Å². The van der Waals surface area contributed by atoms with Crippen molar-refractivity contribution in [1.29, 1.82) is 0 Å². The normalized spacial score (nSPS) is 10.6. The van der Waals surface area contributed by atoms with Crippen LogP contribution >= 0.6 is 11.8 Å². The fourth-order valence-electron chi connectivity index (χ4n) is 3.03. The second-order valence-electron chi connectivity index (χ2n) is 7.00. The minimum atomic E-state index is -2.48. The van der Waals surface area contributed by atoms with Crippen molar-refractivity contribution in [3.05, 3.63) is 77.9 Å². The van der Waals surface area contributed by atoms with Crippen LogP contribution in [-0.4, -0.2) is 31.3 Å². The first-order chi connectivity index (χ1) is 16.4. The Morgan fingerprint density at radius 2 is 1.76 bits per heavy atom. The van der Waals surface area contributed by atoms with E-state index in [0.29, 0.717) is 45.1 Å². The summed E-state index contributed by atoms with van der Waals surface area (Å²) in [6, 6.07) is 18.6. The molecule has 34 heavy (non-hydrogen) atoms. The van der Waals surface area contributed by atoms with Gasteiger partial charge in [0.15, 0.2) is 18.1 Å². The Labute approximate surface area is 199 Å². The molecule has 0 unspecified atom stereocenters. The number of hydrogen-bond acceptors (Lipinski definition) is 6. The lowest BCUT2D eigenvalue weighted by Crippen LogP contribution is -2.23. The molecule has 0 aliphatic carbocycles. The van der Waals surface area contributed by atoms with Crippen LogP contribution in [-0.2, 0) is 11.3 Å². The summed E-state index contributed by atoms with van der Waals surface area (Å²) >= 11 is 0.471. The van der Waals surface area contributed by atoms with Gasteiger partial charge in [-0.05, 0) is 54.1 Å². The molecule has 0 atom stereocenters. The molecule has 3 aromatic rings. The highest BCUT2D eigenvalue weighted by molar-refractivity contribution is 7.99. The second kappa shape index (κ2) is 11.9. The zero-order valence-corrected chi connectivity index (χ0v) is 19.0. The molecule has 0 saturated carbocycles. The average molecular weight is 488 g/mol. The number of amides is 2. The number of thioether (sulfide) groups is 1. The Bertz CT molecular complexity index is 1140. The maximum absolute atomic E-state index is 12.9. The fraction of sp³-hybridized carbons (Fsp3) is 0.167. The topological polar surface area (TPSA) is 103 Å². The molecule has 0 spiro atoms. The minimum Gasteiger partial charge on any atom is -0.493 e. The van der Waals surface area contributed by atoms with Crippen LogP contribution in [0.3, 0.4) is 0 Å². The second-order valence-corrected chi connectivity index (χ2v) is 8.06. The van der Waals surface area contributed by atoms with Crippen LogP contribution in [0.2, 0.25) is 0 Å². The Morgan fingerprint density at radius 3 is 2.44 bits per heavy atom. The smallest absolute Gasteiger partial charge is 0.288 e. The van der Waals surface area contributed by atoms with Crippen molar-refractivity contribution >= 4 is 35.0 Å². The van der Waals surface area contributed by atoms with Gasteiger partial charge in [-0.25, -0.2) is 0 Å². The number of primary amides is 1. The van der Waals surface area contributed by atoms with Crippen molar-refractivity contribution < 1.29 is 27.8 Å². The first-order valence-corrected chi connectivity index (χ1v) is 11.0. The zero-order chi connectivity index (χ0) is 24.5. The van der Waals surface area contributed by atoms with Gasteiger partial charge in [0.25, 0.3) is 17.6 Å². The zero-order valence-electron chi connectivity index (χ0n) is 18.2. The maximum atomic E-state index is 12.9. The highest BCUT2D eigenvalue weighted by atomic mass is 32.2. The minimum absolute atomic E-state index is 0.221. The van der Waals surface area contributed by atoms with Gasteiger partial charge in [-0.1, -0.05) is 30.0 Å². The lowest BCUT2D eigenvalue weighted by atomic mass is 10.1. The van der Waals surface area contributed by atoms with Gasteiger partial charge < -0.3 is 25.8 Å². The van der Waals surface area contributed by atoms with Gasteiger partial charge >= 0.3 is 0 Å². The van der Waals surface area contributed by atoms with Crippen LogP contribution in [0.15, 0.2) is 71.6 Å². The van der Waals surface area contributed by atoms with Crippen LogP contribution in [0.4, 0.5) is 20.2 Å². The molecule has 0 bridgehead atoms. The number of nitrogens with one attached hydrogen (secondary N) is 2. The SMILES string of the molecule is COc1cc(CNC(=O)c2ccccc2Nc2ccc(SC(F)F)cc2)ccc1OCC(N)=O. The lowest BCUT2D eigenvalue weighted by molar-refractivity contribution is -0.119. The number of benzene rings is 3. The van der Waals surface area contributed by atoms with E-state index in [1.54, 1.807) is 66.7 Å². The van der Waals surface area contributed by atoms with Crippen molar-refractivity contribution in [2.45, 2.75) is 17.2 Å². The monoisotopic (exact) mass is 487 g/mol. The van der Waals surface area contributed by atoms with Gasteiger partial charge in [0, 0.05) is 17.1 Å². The van der Waals surface area contributed by atoms with Crippen molar-refractivity contribution in [1.82, 2.24) is 5.32 Å². The largest absolute Gasteiger partial charge is 0.493 e. The number of nitrogens with two attached hydrogens (primary N) is 1. The van der Waals surface area contributed by atoms with Gasteiger partial charge in [0.1, 0.15) is 0 Å². The molecule has 0 aromatic heterocycles. The fourth-order valence-corrected chi connectivity index (χ4v) is 3.53. The summed E-state index contributed by atoms with van der Waals surface area (Å²) in [5.41, 5.74) is 7.51. The van der Waals surface area contributed by atoms with E-state index in [-0.39, 0.29) is 19.1 Å². The van der Waals surface area contributed by atoms with Crippen LogP contribution in [0.25, 0.3) is 0 Å². The lowest BCUT2D eigenvalue weighted by Gasteiger charge is -2.14. The van der Waals surface area contributed by atoms with Gasteiger partial charge in [0.05, 0.1) is 18.4 Å². The highest BCUT2D eigenvalue weighted by Crippen LogP contribution is 2.29. The molecule has 7 nitrogen and oxygen atoms in total. The number of rotatable bonds is 11. The number of methoxy groups -OCH3 is 1. The maximum Gasteiger partial charge on any atom is 0.288 e. The summed E-state index contributed by atoms with van der Waals surface area (Å²) in [6.07, 6.45) is 0. The predicted molar refractivity (Wildman–Crippen MR) is 127 cm³/mol. The Morgan fingerprint density at radius 1 is 1.03 bits per heavy atom. The molecule has 0 fully saturated rings. The Kier molecular flexibility index (Phi) is 8.69. The number of ether oxygens (including phenoxy) is 2. The molecule has 178 valence electrons. The Hall–Kier alpha value is -3.79. The van der Waals surface area contributed by atoms with E-state index in [0.717, 1.165) is 5.56 Å². The van der Waals surface area contributed by atoms with E-state index in [1.807, 2.05) is 0 Å². The summed E-state index contributed by atoms with van der Waals surface area (Å²) in [5, 5.41) is 6.01. The van der Waals surface area contributed by atoms with Crippen LogP contribution in [0.5, 0.6) is 11.5 Å². The molecule has 3 aromatic carbocycles. The number of para-hydroxylation sites is 1. The summed E-state index contributed by atoms with van der Waals surface area (Å²) in [4.78, 5) is 24.2. The van der Waals surface area contributed by atoms with Crippen molar-refractivity contribution in [2.75, 3.05) is 19.0 Å². The number of carbonyl (C=O) groups is 2. The number of hydrogen-bond donors (Lipinski definition) is 3. The molecular formula is C24H23F2N3O4S. The van der Waals surface area contributed by atoms with E-state index in [2.05, 4.69) is 10.6 Å². The molecule has 10 heteroatoms. The van der Waals surface area contributed by atoms with Crippen molar-refractivity contribution in [3.8, 4) is 11.5 Å². The van der Waals surface area contributed by atoms with Crippen LogP contribution in [0.1, 0.15) is 15.9 Å². The van der Waals surface area contributed by atoms with Gasteiger partial charge in [-0.15, -0.1) is 0 Å². The molecule has 0 heterocycles. The number of carbonyl (C=O) groups excluding carboxylic acids is 2. The van der Waals surface area contributed by atoms with Gasteiger partial charge in [0.2, 0.25) is 0 Å². The molecule has 0 aliphatic rings. The number of alkyl halides is 2. The van der Waals surface area contributed by atoms with Crippen molar-refractivity contribution in [2.24, 2.45) is 5.73 Å². The molecular weight excluding hydrogens is 464 g/mol.